The predicted molar refractivity (Wildman–Crippen MR) is 124 cm³/mol. The fourth-order valence-corrected chi connectivity index (χ4v) is 3.33. The van der Waals surface area contributed by atoms with Crippen LogP contribution >= 0.6 is 0 Å². The highest BCUT2D eigenvalue weighted by atomic mass is 16.5. The topological polar surface area (TPSA) is 63.7 Å². The first kappa shape index (κ1) is 22.2. The van der Waals surface area contributed by atoms with Crippen molar-refractivity contribution in [3.63, 3.8) is 0 Å². The zero-order chi connectivity index (χ0) is 22.4. The fourth-order valence-electron chi connectivity index (χ4n) is 3.33. The van der Waals surface area contributed by atoms with Crippen LogP contribution < -0.4 is 14.8 Å². The van der Waals surface area contributed by atoms with E-state index >= 15 is 0 Å². The van der Waals surface area contributed by atoms with Crippen molar-refractivity contribution in [1.82, 2.24) is 9.88 Å². The number of aromatic nitrogens is 1. The van der Waals surface area contributed by atoms with Crippen LogP contribution in [0.3, 0.4) is 0 Å². The molecule has 0 aliphatic heterocycles. The van der Waals surface area contributed by atoms with E-state index in [1.165, 1.54) is 5.56 Å². The molecule has 0 aliphatic rings. The molecule has 1 amide bonds. The Bertz CT molecular complexity index is 1070. The molecule has 2 aromatic carbocycles. The standard InChI is InChI=1S/C25H29N3O3/c1-17-8-6-10-21(18(17)2)27-24-20(9-7-14-26-24)25(29)28(3)15-13-19-11-12-22(30-4)23(16-19)31-5/h6-12,14,16H,13,15H2,1-5H3,(H,26,27). The van der Waals surface area contributed by atoms with Gasteiger partial charge in [0.2, 0.25) is 0 Å². The number of nitrogens with zero attached hydrogens (tertiary/aromatic N) is 2. The van der Waals surface area contributed by atoms with Gasteiger partial charge in [-0.15, -0.1) is 0 Å². The van der Waals surface area contributed by atoms with E-state index in [9.17, 15) is 4.79 Å². The van der Waals surface area contributed by atoms with E-state index in [1.54, 1.807) is 44.5 Å². The van der Waals surface area contributed by atoms with Crippen molar-refractivity contribution in [1.29, 1.82) is 0 Å². The van der Waals surface area contributed by atoms with Gasteiger partial charge < -0.3 is 19.7 Å². The lowest BCUT2D eigenvalue weighted by Crippen LogP contribution is -2.29. The van der Waals surface area contributed by atoms with E-state index in [0.29, 0.717) is 35.8 Å². The molecule has 6 heteroatoms. The van der Waals surface area contributed by atoms with Gasteiger partial charge in [-0.1, -0.05) is 18.2 Å². The largest absolute Gasteiger partial charge is 0.493 e. The lowest BCUT2D eigenvalue weighted by molar-refractivity contribution is 0.0797. The summed E-state index contributed by atoms with van der Waals surface area (Å²) in [6.07, 6.45) is 2.39. The van der Waals surface area contributed by atoms with Crippen LogP contribution in [-0.4, -0.2) is 43.6 Å². The smallest absolute Gasteiger partial charge is 0.257 e. The van der Waals surface area contributed by atoms with Crippen LogP contribution in [-0.2, 0) is 6.42 Å². The molecule has 31 heavy (non-hydrogen) atoms. The van der Waals surface area contributed by atoms with Gasteiger partial charge in [-0.05, 0) is 67.3 Å². The summed E-state index contributed by atoms with van der Waals surface area (Å²) in [6.45, 7) is 4.68. The fraction of sp³-hybridized carbons (Fsp3) is 0.280. The van der Waals surface area contributed by atoms with Crippen LogP contribution in [0.15, 0.2) is 54.7 Å². The van der Waals surface area contributed by atoms with Crippen molar-refractivity contribution in [2.24, 2.45) is 0 Å². The average molecular weight is 420 g/mol. The maximum Gasteiger partial charge on any atom is 0.257 e. The Morgan fingerprint density at radius 2 is 1.81 bits per heavy atom. The number of aryl methyl sites for hydroxylation is 1. The lowest BCUT2D eigenvalue weighted by Gasteiger charge is -2.20. The molecule has 0 fully saturated rings. The van der Waals surface area contributed by atoms with Gasteiger partial charge in [-0.2, -0.15) is 0 Å². The van der Waals surface area contributed by atoms with Crippen LogP contribution in [0.5, 0.6) is 11.5 Å². The van der Waals surface area contributed by atoms with Crippen LogP contribution in [0.4, 0.5) is 11.5 Å². The van der Waals surface area contributed by atoms with Gasteiger partial charge in [-0.3, -0.25) is 4.79 Å². The molecule has 1 heterocycles. The highest BCUT2D eigenvalue weighted by Gasteiger charge is 2.17. The normalized spacial score (nSPS) is 10.5. The summed E-state index contributed by atoms with van der Waals surface area (Å²) in [7, 11) is 5.03. The second-order valence-corrected chi connectivity index (χ2v) is 7.44. The van der Waals surface area contributed by atoms with Gasteiger partial charge in [0.05, 0.1) is 19.8 Å². The molecule has 0 aliphatic carbocycles. The molecule has 0 bridgehead atoms. The molecule has 3 rings (SSSR count). The molecular formula is C25H29N3O3. The van der Waals surface area contributed by atoms with Gasteiger partial charge in [0.1, 0.15) is 5.82 Å². The first-order chi connectivity index (χ1) is 14.9. The maximum absolute atomic E-state index is 13.2. The van der Waals surface area contributed by atoms with Crippen molar-refractivity contribution in [3.8, 4) is 11.5 Å². The molecule has 6 nitrogen and oxygen atoms in total. The van der Waals surface area contributed by atoms with Crippen molar-refractivity contribution < 1.29 is 14.3 Å². The van der Waals surface area contributed by atoms with Crippen LogP contribution in [0, 0.1) is 13.8 Å². The number of pyridine rings is 1. The number of ether oxygens (including phenoxy) is 2. The predicted octanol–water partition coefficient (Wildman–Crippen LogP) is 4.77. The Morgan fingerprint density at radius 3 is 2.55 bits per heavy atom. The highest BCUT2D eigenvalue weighted by Crippen LogP contribution is 2.28. The summed E-state index contributed by atoms with van der Waals surface area (Å²) in [5, 5.41) is 3.33. The van der Waals surface area contributed by atoms with Gasteiger partial charge in [0.15, 0.2) is 11.5 Å². The second-order valence-electron chi connectivity index (χ2n) is 7.44. The Balaban J connectivity index is 1.73. The number of benzene rings is 2. The van der Waals surface area contributed by atoms with E-state index < -0.39 is 0 Å². The van der Waals surface area contributed by atoms with Crippen molar-refractivity contribution in [3.05, 3.63) is 77.0 Å². The molecule has 0 radical (unpaired) electrons. The molecule has 0 unspecified atom stereocenters. The van der Waals surface area contributed by atoms with Crippen LogP contribution in [0.1, 0.15) is 27.0 Å². The summed E-state index contributed by atoms with van der Waals surface area (Å²) >= 11 is 0. The second kappa shape index (κ2) is 9.98. The lowest BCUT2D eigenvalue weighted by atomic mass is 10.1. The molecular weight excluding hydrogens is 390 g/mol. The summed E-state index contributed by atoms with van der Waals surface area (Å²) < 4.78 is 10.7. The molecule has 1 aromatic heterocycles. The monoisotopic (exact) mass is 419 g/mol. The molecule has 3 aromatic rings. The number of methoxy groups -OCH3 is 2. The van der Waals surface area contributed by atoms with Gasteiger partial charge in [0, 0.05) is 25.5 Å². The Hall–Kier alpha value is -3.54. The molecule has 0 spiro atoms. The highest BCUT2D eigenvalue weighted by molar-refractivity contribution is 5.99. The van der Waals surface area contributed by atoms with Crippen molar-refractivity contribution in [2.45, 2.75) is 20.3 Å². The van der Waals surface area contributed by atoms with Gasteiger partial charge in [-0.25, -0.2) is 4.98 Å². The number of amides is 1. The summed E-state index contributed by atoms with van der Waals surface area (Å²) in [5.74, 6) is 1.84. The average Bonchev–Trinajstić information content (AvgIpc) is 2.80. The third-order valence-electron chi connectivity index (χ3n) is 5.43. The first-order valence-electron chi connectivity index (χ1n) is 10.2. The van der Waals surface area contributed by atoms with Crippen molar-refractivity contribution in [2.75, 3.05) is 33.1 Å². The van der Waals surface area contributed by atoms with E-state index in [1.807, 2.05) is 30.3 Å². The third kappa shape index (κ3) is 5.15. The zero-order valence-corrected chi connectivity index (χ0v) is 18.7. The number of nitrogens with one attached hydrogen (secondary N) is 1. The van der Waals surface area contributed by atoms with E-state index in [4.69, 9.17) is 9.47 Å². The molecule has 0 saturated heterocycles. The maximum atomic E-state index is 13.2. The minimum Gasteiger partial charge on any atom is -0.493 e. The number of likely N-dealkylation sites (N-methyl/N-ethyl adjacent to an activating group) is 1. The third-order valence-corrected chi connectivity index (χ3v) is 5.43. The minimum absolute atomic E-state index is 0.0821. The quantitative estimate of drug-likeness (QED) is 0.570. The van der Waals surface area contributed by atoms with Crippen LogP contribution in [0.25, 0.3) is 0 Å². The number of rotatable bonds is 8. The SMILES string of the molecule is COc1ccc(CCN(C)C(=O)c2cccnc2Nc2cccc(C)c2C)cc1OC. The Kier molecular flexibility index (Phi) is 7.13. The van der Waals surface area contributed by atoms with Crippen LogP contribution in [0.2, 0.25) is 0 Å². The molecule has 1 N–H and O–H groups in total. The number of hydrogen-bond donors (Lipinski definition) is 1. The summed E-state index contributed by atoms with van der Waals surface area (Å²) in [6, 6.07) is 15.4. The number of anilines is 2. The minimum atomic E-state index is -0.0821. The summed E-state index contributed by atoms with van der Waals surface area (Å²) in [5.41, 5.74) is 4.87. The summed E-state index contributed by atoms with van der Waals surface area (Å²) in [4.78, 5) is 19.3. The molecule has 0 saturated carbocycles. The van der Waals surface area contributed by atoms with Gasteiger partial charge in [0.25, 0.3) is 5.91 Å². The zero-order valence-electron chi connectivity index (χ0n) is 18.7. The van der Waals surface area contributed by atoms with Crippen molar-refractivity contribution >= 4 is 17.4 Å². The van der Waals surface area contributed by atoms with E-state index in [2.05, 4.69) is 30.2 Å². The molecule has 162 valence electrons. The number of carbonyl (C=O) groups excluding carboxylic acids is 1. The van der Waals surface area contributed by atoms with E-state index in [0.717, 1.165) is 16.8 Å². The number of hydrogen-bond acceptors (Lipinski definition) is 5. The number of carbonyl (C=O) groups is 1. The molecule has 0 atom stereocenters. The Morgan fingerprint density at radius 1 is 1.03 bits per heavy atom. The Labute approximate surface area is 183 Å². The first-order valence-corrected chi connectivity index (χ1v) is 10.2. The van der Waals surface area contributed by atoms with Gasteiger partial charge >= 0.3 is 0 Å². The van der Waals surface area contributed by atoms with E-state index in [-0.39, 0.29) is 5.91 Å².